The van der Waals surface area contributed by atoms with Gasteiger partial charge in [-0.1, -0.05) is 30.3 Å². The molecule has 8 heteroatoms. The van der Waals surface area contributed by atoms with Crippen LogP contribution in [0.4, 0.5) is 18.9 Å². The molecule has 2 aliphatic rings. The van der Waals surface area contributed by atoms with Crippen LogP contribution < -0.4 is 5.32 Å². The molecule has 31 heavy (non-hydrogen) atoms. The van der Waals surface area contributed by atoms with Crippen molar-refractivity contribution in [2.45, 2.75) is 49.8 Å². The summed E-state index contributed by atoms with van der Waals surface area (Å²) in [6.07, 6.45) is -2.02. The zero-order valence-corrected chi connectivity index (χ0v) is 17.5. The van der Waals surface area contributed by atoms with E-state index in [2.05, 4.69) is 11.9 Å². The highest BCUT2D eigenvalue weighted by molar-refractivity contribution is 6.30. The first kappa shape index (κ1) is 22.1. The van der Waals surface area contributed by atoms with Crippen LogP contribution in [0.15, 0.2) is 55.1 Å². The van der Waals surface area contributed by atoms with Gasteiger partial charge in [0, 0.05) is 29.6 Å². The SMILES string of the molecule is C=C(c1ccc(Cl)cc1)C1COC2(CCC(Nc3ccc(C(F)(F)F)cc3)CC2)OO1. The van der Waals surface area contributed by atoms with Gasteiger partial charge in [-0.2, -0.15) is 13.2 Å². The van der Waals surface area contributed by atoms with E-state index in [9.17, 15) is 13.2 Å². The first-order valence-corrected chi connectivity index (χ1v) is 10.5. The minimum Gasteiger partial charge on any atom is -0.382 e. The molecular formula is C23H23ClF3NO3. The van der Waals surface area contributed by atoms with E-state index < -0.39 is 23.6 Å². The fraction of sp³-hybridized carbons (Fsp3) is 0.391. The quantitative estimate of drug-likeness (QED) is 0.538. The Morgan fingerprint density at radius 1 is 1.03 bits per heavy atom. The van der Waals surface area contributed by atoms with Crippen LogP contribution in [0.25, 0.3) is 5.57 Å². The van der Waals surface area contributed by atoms with Gasteiger partial charge in [0.1, 0.15) is 6.10 Å². The number of rotatable bonds is 4. The van der Waals surface area contributed by atoms with Crippen molar-refractivity contribution in [3.8, 4) is 0 Å². The van der Waals surface area contributed by atoms with E-state index in [1.165, 1.54) is 12.1 Å². The third kappa shape index (κ3) is 5.23. The minimum absolute atomic E-state index is 0.122. The Morgan fingerprint density at radius 3 is 2.23 bits per heavy atom. The van der Waals surface area contributed by atoms with Crippen LogP contribution in [-0.4, -0.2) is 24.5 Å². The summed E-state index contributed by atoms with van der Waals surface area (Å²) in [7, 11) is 0. The van der Waals surface area contributed by atoms with Crippen LogP contribution >= 0.6 is 11.6 Å². The molecule has 2 aromatic carbocycles. The lowest BCUT2D eigenvalue weighted by Gasteiger charge is -2.43. The van der Waals surface area contributed by atoms with Crippen molar-refractivity contribution in [3.05, 3.63) is 71.3 Å². The maximum Gasteiger partial charge on any atom is 0.416 e. The largest absolute Gasteiger partial charge is 0.416 e. The predicted molar refractivity (Wildman–Crippen MR) is 112 cm³/mol. The van der Waals surface area contributed by atoms with Crippen molar-refractivity contribution < 1.29 is 27.7 Å². The molecule has 1 N–H and O–H groups in total. The van der Waals surface area contributed by atoms with E-state index in [-0.39, 0.29) is 6.04 Å². The molecule has 1 saturated carbocycles. The lowest BCUT2D eigenvalue weighted by Crippen LogP contribution is -2.49. The Labute approximate surface area is 183 Å². The summed E-state index contributed by atoms with van der Waals surface area (Å²) in [5, 5.41) is 3.94. The molecule has 1 spiro atoms. The van der Waals surface area contributed by atoms with Gasteiger partial charge in [0.2, 0.25) is 5.79 Å². The molecule has 4 nitrogen and oxygen atoms in total. The summed E-state index contributed by atoms with van der Waals surface area (Å²) in [4.78, 5) is 11.3. The van der Waals surface area contributed by atoms with Crippen LogP contribution in [0.3, 0.4) is 0 Å². The zero-order valence-electron chi connectivity index (χ0n) is 16.8. The third-order valence-electron chi connectivity index (χ3n) is 5.75. The van der Waals surface area contributed by atoms with E-state index in [1.807, 2.05) is 12.1 Å². The number of benzene rings is 2. The van der Waals surface area contributed by atoms with Crippen LogP contribution in [0.5, 0.6) is 0 Å². The molecule has 4 rings (SSSR count). The van der Waals surface area contributed by atoms with E-state index in [1.54, 1.807) is 12.1 Å². The molecule has 0 bridgehead atoms. The van der Waals surface area contributed by atoms with Gasteiger partial charge in [0.05, 0.1) is 12.2 Å². The fourth-order valence-corrected chi connectivity index (χ4v) is 3.98. The highest BCUT2D eigenvalue weighted by atomic mass is 35.5. The first-order valence-electron chi connectivity index (χ1n) is 10.1. The van der Waals surface area contributed by atoms with Gasteiger partial charge in [-0.15, -0.1) is 0 Å². The van der Waals surface area contributed by atoms with Crippen molar-refractivity contribution in [2.24, 2.45) is 0 Å². The van der Waals surface area contributed by atoms with Gasteiger partial charge in [-0.25, -0.2) is 9.78 Å². The smallest absolute Gasteiger partial charge is 0.382 e. The minimum atomic E-state index is -4.33. The number of ether oxygens (including phenoxy) is 1. The standard InChI is InChI=1S/C23H23ClF3NO3/c1-15(16-2-6-18(24)7-3-16)21-14-29-22(31-30-21)12-10-20(11-13-22)28-19-8-4-17(5-9-19)23(25,26)27/h2-9,20-21,28H,1,10-14H2. The van der Waals surface area contributed by atoms with Crippen molar-refractivity contribution in [1.29, 1.82) is 0 Å². The number of anilines is 1. The van der Waals surface area contributed by atoms with Gasteiger partial charge in [0.15, 0.2) is 0 Å². The summed E-state index contributed by atoms with van der Waals surface area (Å²) in [5.74, 6) is -0.797. The Hall–Kier alpha value is -2.06. The third-order valence-corrected chi connectivity index (χ3v) is 6.00. The van der Waals surface area contributed by atoms with Crippen LogP contribution in [0.1, 0.15) is 36.8 Å². The topological polar surface area (TPSA) is 39.7 Å². The Kier molecular flexibility index (Phi) is 6.30. The fourth-order valence-electron chi connectivity index (χ4n) is 3.85. The van der Waals surface area contributed by atoms with Gasteiger partial charge >= 0.3 is 6.18 Å². The number of nitrogens with one attached hydrogen (secondary N) is 1. The molecular weight excluding hydrogens is 431 g/mol. The van der Waals surface area contributed by atoms with Gasteiger partial charge < -0.3 is 10.1 Å². The number of hydrogen-bond donors (Lipinski definition) is 1. The first-order chi connectivity index (χ1) is 14.7. The highest BCUT2D eigenvalue weighted by Gasteiger charge is 2.43. The van der Waals surface area contributed by atoms with Crippen LogP contribution in [-0.2, 0) is 20.7 Å². The van der Waals surface area contributed by atoms with Crippen molar-refractivity contribution in [3.63, 3.8) is 0 Å². The highest BCUT2D eigenvalue weighted by Crippen LogP contribution is 2.39. The normalized spacial score (nSPS) is 26.6. The molecule has 1 unspecified atom stereocenters. The Morgan fingerprint density at radius 2 is 1.68 bits per heavy atom. The molecule has 1 aliphatic heterocycles. The van der Waals surface area contributed by atoms with E-state index in [4.69, 9.17) is 26.1 Å². The Balaban J connectivity index is 1.27. The lowest BCUT2D eigenvalue weighted by atomic mass is 9.89. The predicted octanol–water partition coefficient (Wildman–Crippen LogP) is 6.47. The molecule has 0 aromatic heterocycles. The average molecular weight is 454 g/mol. The van der Waals surface area contributed by atoms with E-state index >= 15 is 0 Å². The second kappa shape index (κ2) is 8.82. The molecule has 1 atom stereocenters. The van der Waals surface area contributed by atoms with Crippen LogP contribution in [0.2, 0.25) is 5.02 Å². The molecule has 0 radical (unpaired) electrons. The van der Waals surface area contributed by atoms with Crippen molar-refractivity contribution in [1.82, 2.24) is 0 Å². The van der Waals surface area contributed by atoms with Crippen LogP contribution in [0, 0.1) is 0 Å². The van der Waals surface area contributed by atoms with Crippen molar-refractivity contribution >= 4 is 22.9 Å². The maximum atomic E-state index is 12.7. The molecule has 166 valence electrons. The number of hydrogen-bond acceptors (Lipinski definition) is 4. The lowest BCUT2D eigenvalue weighted by molar-refractivity contribution is -0.483. The average Bonchev–Trinajstić information content (AvgIpc) is 2.76. The summed E-state index contributed by atoms with van der Waals surface area (Å²) >= 11 is 5.93. The summed E-state index contributed by atoms with van der Waals surface area (Å²) < 4.78 is 44.1. The van der Waals surface area contributed by atoms with Gasteiger partial charge in [-0.3, -0.25) is 0 Å². The Bertz CT molecular complexity index is 897. The number of halogens is 4. The molecule has 1 aliphatic carbocycles. The molecule has 2 aromatic rings. The molecule has 2 fully saturated rings. The van der Waals surface area contributed by atoms with Crippen molar-refractivity contribution in [2.75, 3.05) is 11.9 Å². The summed E-state index contributed by atoms with van der Waals surface area (Å²) in [6.45, 7) is 4.42. The number of alkyl halides is 3. The second-order valence-corrected chi connectivity index (χ2v) is 8.35. The summed E-state index contributed by atoms with van der Waals surface area (Å²) in [6, 6.07) is 12.5. The monoisotopic (exact) mass is 453 g/mol. The van der Waals surface area contributed by atoms with E-state index in [0.717, 1.165) is 36.1 Å². The van der Waals surface area contributed by atoms with E-state index in [0.29, 0.717) is 30.2 Å². The van der Waals surface area contributed by atoms with Gasteiger partial charge in [0.25, 0.3) is 0 Å². The zero-order chi connectivity index (χ0) is 22.1. The molecule has 1 heterocycles. The van der Waals surface area contributed by atoms with Gasteiger partial charge in [-0.05, 0) is 60.4 Å². The molecule has 0 amide bonds. The maximum absolute atomic E-state index is 12.7. The summed E-state index contributed by atoms with van der Waals surface area (Å²) in [5.41, 5.74) is 1.66. The molecule has 1 saturated heterocycles. The second-order valence-electron chi connectivity index (χ2n) is 7.92.